The van der Waals surface area contributed by atoms with Crippen molar-refractivity contribution in [3.05, 3.63) is 47.7 Å². The van der Waals surface area contributed by atoms with Crippen LogP contribution in [0.2, 0.25) is 0 Å². The number of hydrogen-bond donors (Lipinski definition) is 1. The van der Waals surface area contributed by atoms with Gasteiger partial charge in [-0.15, -0.1) is 23.4 Å². The van der Waals surface area contributed by atoms with Gasteiger partial charge in [0.25, 0.3) is 0 Å². The van der Waals surface area contributed by atoms with Crippen molar-refractivity contribution >= 4 is 0 Å². The van der Waals surface area contributed by atoms with Crippen LogP contribution in [0.25, 0.3) is 0 Å². The Morgan fingerprint density at radius 1 is 1.14 bits per heavy atom. The number of ether oxygens (including phenoxy) is 2. The number of nitrogens with two attached hydrogens (primary N) is 1. The van der Waals surface area contributed by atoms with Crippen molar-refractivity contribution in [2.75, 3.05) is 7.11 Å². The SMILES string of the molecule is COc1ccc(C(N)c2cccc(OC(F)(F)F)c2)nn1. The van der Waals surface area contributed by atoms with E-state index in [2.05, 4.69) is 14.9 Å². The van der Waals surface area contributed by atoms with E-state index in [1.807, 2.05) is 0 Å². The summed E-state index contributed by atoms with van der Waals surface area (Å²) in [7, 11) is 1.45. The molecule has 0 aliphatic carbocycles. The molecule has 112 valence electrons. The Morgan fingerprint density at radius 2 is 1.90 bits per heavy atom. The monoisotopic (exact) mass is 299 g/mol. The Balaban J connectivity index is 2.22. The highest BCUT2D eigenvalue weighted by molar-refractivity contribution is 5.34. The van der Waals surface area contributed by atoms with Crippen molar-refractivity contribution in [2.45, 2.75) is 12.4 Å². The molecule has 1 aromatic heterocycles. The standard InChI is InChI=1S/C13H12F3N3O2/c1-20-11-6-5-10(18-19-11)12(17)8-3-2-4-9(7-8)21-13(14,15)16/h2-7,12H,17H2,1H3. The summed E-state index contributed by atoms with van der Waals surface area (Å²) in [5, 5.41) is 7.63. The lowest BCUT2D eigenvalue weighted by Crippen LogP contribution is -2.18. The molecule has 0 bridgehead atoms. The average molecular weight is 299 g/mol. The van der Waals surface area contributed by atoms with Gasteiger partial charge in [-0.25, -0.2) is 0 Å². The fraction of sp³-hybridized carbons (Fsp3) is 0.231. The van der Waals surface area contributed by atoms with E-state index in [1.165, 1.54) is 25.3 Å². The average Bonchev–Trinajstić information content (AvgIpc) is 2.45. The van der Waals surface area contributed by atoms with Crippen LogP contribution in [0.15, 0.2) is 36.4 Å². The molecular weight excluding hydrogens is 287 g/mol. The number of rotatable bonds is 4. The maximum atomic E-state index is 12.2. The lowest BCUT2D eigenvalue weighted by Gasteiger charge is -2.14. The Bertz CT molecular complexity index is 602. The van der Waals surface area contributed by atoms with Crippen LogP contribution < -0.4 is 15.2 Å². The van der Waals surface area contributed by atoms with Crippen LogP contribution in [0.3, 0.4) is 0 Å². The van der Waals surface area contributed by atoms with Gasteiger partial charge in [0.05, 0.1) is 18.8 Å². The Hall–Kier alpha value is -2.35. The second-order valence-electron chi connectivity index (χ2n) is 4.10. The van der Waals surface area contributed by atoms with Crippen LogP contribution in [-0.4, -0.2) is 23.7 Å². The van der Waals surface area contributed by atoms with Gasteiger partial charge in [-0.1, -0.05) is 12.1 Å². The van der Waals surface area contributed by atoms with E-state index < -0.39 is 12.4 Å². The lowest BCUT2D eigenvalue weighted by atomic mass is 10.0. The fourth-order valence-electron chi connectivity index (χ4n) is 1.68. The number of nitrogens with zero attached hydrogens (tertiary/aromatic N) is 2. The maximum absolute atomic E-state index is 12.2. The molecule has 1 atom stereocenters. The smallest absolute Gasteiger partial charge is 0.480 e. The van der Waals surface area contributed by atoms with E-state index in [-0.39, 0.29) is 5.75 Å². The van der Waals surface area contributed by atoms with Crippen LogP contribution in [0.5, 0.6) is 11.6 Å². The van der Waals surface area contributed by atoms with Crippen molar-refractivity contribution in [1.29, 1.82) is 0 Å². The third-order valence-corrected chi connectivity index (χ3v) is 2.64. The molecule has 0 fully saturated rings. The first kappa shape index (κ1) is 15.0. The second-order valence-corrected chi connectivity index (χ2v) is 4.10. The highest BCUT2D eigenvalue weighted by Crippen LogP contribution is 2.26. The van der Waals surface area contributed by atoms with Crippen LogP contribution in [-0.2, 0) is 0 Å². The molecule has 5 nitrogen and oxygen atoms in total. The second kappa shape index (κ2) is 5.96. The number of halogens is 3. The van der Waals surface area contributed by atoms with Gasteiger partial charge in [-0.2, -0.15) is 0 Å². The van der Waals surface area contributed by atoms with Crippen LogP contribution in [0, 0.1) is 0 Å². The molecule has 0 radical (unpaired) electrons. The number of aromatic nitrogens is 2. The minimum atomic E-state index is -4.75. The number of hydrogen-bond acceptors (Lipinski definition) is 5. The quantitative estimate of drug-likeness (QED) is 0.939. The fourth-order valence-corrected chi connectivity index (χ4v) is 1.68. The van der Waals surface area contributed by atoms with E-state index in [0.29, 0.717) is 17.1 Å². The molecule has 0 aliphatic rings. The van der Waals surface area contributed by atoms with Gasteiger partial charge in [0, 0.05) is 6.07 Å². The van der Waals surface area contributed by atoms with Gasteiger partial charge >= 0.3 is 6.36 Å². The van der Waals surface area contributed by atoms with E-state index in [1.54, 1.807) is 18.2 Å². The maximum Gasteiger partial charge on any atom is 0.573 e. The van der Waals surface area contributed by atoms with Crippen molar-refractivity contribution in [3.63, 3.8) is 0 Å². The Kier molecular flexibility index (Phi) is 4.27. The van der Waals surface area contributed by atoms with Crippen molar-refractivity contribution in [1.82, 2.24) is 10.2 Å². The van der Waals surface area contributed by atoms with Crippen molar-refractivity contribution in [3.8, 4) is 11.6 Å². The zero-order chi connectivity index (χ0) is 15.5. The number of benzene rings is 1. The zero-order valence-corrected chi connectivity index (χ0v) is 11.0. The summed E-state index contributed by atoms with van der Waals surface area (Å²) in [6.45, 7) is 0. The molecule has 1 heterocycles. The first-order chi connectivity index (χ1) is 9.89. The van der Waals surface area contributed by atoms with Gasteiger partial charge in [-0.05, 0) is 23.8 Å². The molecule has 21 heavy (non-hydrogen) atoms. The largest absolute Gasteiger partial charge is 0.573 e. The van der Waals surface area contributed by atoms with Crippen LogP contribution in [0.4, 0.5) is 13.2 Å². The third kappa shape index (κ3) is 4.06. The number of alkyl halides is 3. The summed E-state index contributed by atoms with van der Waals surface area (Å²) < 4.78 is 45.3. The predicted molar refractivity (Wildman–Crippen MR) is 67.7 cm³/mol. The molecule has 0 saturated carbocycles. The highest BCUT2D eigenvalue weighted by Gasteiger charge is 2.31. The normalized spacial score (nSPS) is 12.8. The minimum absolute atomic E-state index is 0.320. The van der Waals surface area contributed by atoms with Gasteiger partial charge in [0.15, 0.2) is 0 Å². The molecule has 8 heteroatoms. The summed E-state index contributed by atoms with van der Waals surface area (Å²) >= 11 is 0. The van der Waals surface area contributed by atoms with Crippen LogP contribution in [0.1, 0.15) is 17.3 Å². The van der Waals surface area contributed by atoms with Gasteiger partial charge in [0.2, 0.25) is 5.88 Å². The summed E-state index contributed by atoms with van der Waals surface area (Å²) in [5.41, 5.74) is 6.79. The molecule has 0 spiro atoms. The molecule has 0 aliphatic heterocycles. The first-order valence-corrected chi connectivity index (χ1v) is 5.88. The Morgan fingerprint density at radius 3 is 2.48 bits per heavy atom. The topological polar surface area (TPSA) is 70.3 Å². The minimum Gasteiger partial charge on any atom is -0.480 e. The molecule has 1 unspecified atom stereocenters. The number of methoxy groups -OCH3 is 1. The third-order valence-electron chi connectivity index (χ3n) is 2.64. The molecule has 1 aromatic carbocycles. The highest BCUT2D eigenvalue weighted by atomic mass is 19.4. The van der Waals surface area contributed by atoms with Crippen molar-refractivity contribution in [2.24, 2.45) is 5.73 Å². The molecule has 2 N–H and O–H groups in total. The van der Waals surface area contributed by atoms with Crippen LogP contribution >= 0.6 is 0 Å². The summed E-state index contributed by atoms with van der Waals surface area (Å²) in [6.07, 6.45) is -4.75. The van der Waals surface area contributed by atoms with Gasteiger partial charge in [-0.3, -0.25) is 0 Å². The molecule has 2 rings (SSSR count). The summed E-state index contributed by atoms with van der Waals surface area (Å²) in [5.74, 6) is -0.0166. The summed E-state index contributed by atoms with van der Waals surface area (Å²) in [6, 6.07) is 7.85. The van der Waals surface area contributed by atoms with E-state index >= 15 is 0 Å². The van der Waals surface area contributed by atoms with E-state index in [4.69, 9.17) is 10.5 Å². The zero-order valence-electron chi connectivity index (χ0n) is 11.0. The van der Waals surface area contributed by atoms with Crippen molar-refractivity contribution < 1.29 is 22.6 Å². The van der Waals surface area contributed by atoms with Gasteiger partial charge in [0.1, 0.15) is 5.75 Å². The Labute approximate surface area is 118 Å². The predicted octanol–water partition coefficient (Wildman–Crippen LogP) is 2.43. The van der Waals surface area contributed by atoms with Gasteiger partial charge < -0.3 is 15.2 Å². The molecule has 2 aromatic rings. The van der Waals surface area contributed by atoms with E-state index in [0.717, 1.165) is 0 Å². The molecule has 0 amide bonds. The lowest BCUT2D eigenvalue weighted by molar-refractivity contribution is -0.274. The van der Waals surface area contributed by atoms with E-state index in [9.17, 15) is 13.2 Å². The summed E-state index contributed by atoms with van der Waals surface area (Å²) in [4.78, 5) is 0. The molecule has 0 saturated heterocycles. The molecular formula is C13H12F3N3O2. The first-order valence-electron chi connectivity index (χ1n) is 5.88.